The van der Waals surface area contributed by atoms with Gasteiger partial charge in [0, 0.05) is 34.6 Å². The van der Waals surface area contributed by atoms with Gasteiger partial charge >= 0.3 is 6.03 Å². The Morgan fingerprint density at radius 1 is 0.895 bits per heavy atom. The van der Waals surface area contributed by atoms with E-state index in [2.05, 4.69) is 10.6 Å². The van der Waals surface area contributed by atoms with Crippen LogP contribution < -0.4 is 10.6 Å². The second-order valence-electron chi connectivity index (χ2n) is 3.82. The van der Waals surface area contributed by atoms with E-state index in [1.165, 1.54) is 18.2 Å². The molecule has 2 rings (SSSR count). The lowest BCUT2D eigenvalue weighted by molar-refractivity contribution is 0.262. The van der Waals surface area contributed by atoms with E-state index in [1.54, 1.807) is 24.3 Å². The molecule has 2 aromatic rings. The average molecular weight is 279 g/mol. The molecule has 0 saturated heterocycles. The molecular weight excluding hydrogens is 268 g/mol. The number of phenolic OH excluding ortho intramolecular Hbond substituents is 2. The zero-order valence-corrected chi connectivity index (χ0v) is 10.5. The van der Waals surface area contributed by atoms with Gasteiger partial charge in [-0.15, -0.1) is 0 Å². The first-order valence-corrected chi connectivity index (χ1v) is 5.77. The molecule has 0 aromatic heterocycles. The summed E-state index contributed by atoms with van der Waals surface area (Å²) in [6, 6.07) is 9.93. The van der Waals surface area contributed by atoms with Gasteiger partial charge in [-0.2, -0.15) is 0 Å². The number of carbonyl (C=O) groups is 1. The second-order valence-corrected chi connectivity index (χ2v) is 4.26. The third kappa shape index (κ3) is 3.79. The standard InChI is InChI=1S/C13H11ClN2O3/c14-8-1-3-9(4-2-8)15-13(19)16-10-5-11(17)7-12(18)6-10/h1-7,17-18H,(H2,15,16,19). The van der Waals surface area contributed by atoms with E-state index in [-0.39, 0.29) is 17.2 Å². The van der Waals surface area contributed by atoms with Gasteiger partial charge < -0.3 is 20.8 Å². The van der Waals surface area contributed by atoms with Crippen molar-refractivity contribution in [3.63, 3.8) is 0 Å². The van der Waals surface area contributed by atoms with E-state index in [0.717, 1.165) is 0 Å². The normalized spacial score (nSPS) is 9.95. The molecule has 98 valence electrons. The van der Waals surface area contributed by atoms with E-state index in [4.69, 9.17) is 11.6 Å². The molecular formula is C13H11ClN2O3. The first kappa shape index (κ1) is 13.0. The molecule has 0 bridgehead atoms. The van der Waals surface area contributed by atoms with E-state index in [0.29, 0.717) is 10.7 Å². The molecule has 0 radical (unpaired) electrons. The first-order valence-electron chi connectivity index (χ1n) is 5.39. The second kappa shape index (κ2) is 5.49. The predicted molar refractivity (Wildman–Crippen MR) is 73.9 cm³/mol. The van der Waals surface area contributed by atoms with Gasteiger partial charge in [0.1, 0.15) is 11.5 Å². The molecule has 5 nitrogen and oxygen atoms in total. The lowest BCUT2D eigenvalue weighted by Gasteiger charge is -2.08. The van der Waals surface area contributed by atoms with E-state index in [1.807, 2.05) is 0 Å². The maximum Gasteiger partial charge on any atom is 0.323 e. The van der Waals surface area contributed by atoms with Crippen molar-refractivity contribution in [3.8, 4) is 11.5 Å². The van der Waals surface area contributed by atoms with Crippen LogP contribution in [-0.4, -0.2) is 16.2 Å². The van der Waals surface area contributed by atoms with Crippen LogP contribution in [0.15, 0.2) is 42.5 Å². The summed E-state index contributed by atoms with van der Waals surface area (Å²) >= 11 is 5.73. The monoisotopic (exact) mass is 278 g/mol. The number of urea groups is 1. The van der Waals surface area contributed by atoms with Crippen LogP contribution in [0.5, 0.6) is 11.5 Å². The van der Waals surface area contributed by atoms with Crippen molar-refractivity contribution in [2.24, 2.45) is 0 Å². The summed E-state index contributed by atoms with van der Waals surface area (Å²) in [6.45, 7) is 0. The number of hydrogen-bond acceptors (Lipinski definition) is 3. The third-order valence-electron chi connectivity index (χ3n) is 2.26. The summed E-state index contributed by atoms with van der Waals surface area (Å²) in [7, 11) is 0. The number of rotatable bonds is 2. The zero-order valence-electron chi connectivity index (χ0n) is 9.72. The highest BCUT2D eigenvalue weighted by Gasteiger charge is 2.05. The molecule has 0 aliphatic heterocycles. The molecule has 0 aliphatic rings. The number of nitrogens with one attached hydrogen (secondary N) is 2. The molecule has 0 atom stereocenters. The molecule has 0 heterocycles. The predicted octanol–water partition coefficient (Wildman–Crippen LogP) is 3.40. The van der Waals surface area contributed by atoms with Gasteiger partial charge in [0.15, 0.2) is 0 Å². The molecule has 2 aromatic carbocycles. The molecule has 0 spiro atoms. The van der Waals surface area contributed by atoms with Gasteiger partial charge in [-0.3, -0.25) is 0 Å². The summed E-state index contributed by atoms with van der Waals surface area (Å²) in [6.07, 6.45) is 0. The Balaban J connectivity index is 2.03. The minimum absolute atomic E-state index is 0.137. The summed E-state index contributed by atoms with van der Waals surface area (Å²) in [5.74, 6) is -0.274. The van der Waals surface area contributed by atoms with Crippen LogP contribution in [0.25, 0.3) is 0 Å². The highest BCUT2D eigenvalue weighted by atomic mass is 35.5. The van der Waals surface area contributed by atoms with Gasteiger partial charge in [-0.25, -0.2) is 4.79 Å². The Labute approximate surface area is 114 Å². The number of amides is 2. The number of carbonyl (C=O) groups excluding carboxylic acids is 1. The summed E-state index contributed by atoms with van der Waals surface area (Å²) in [5, 5.41) is 24.2. The Bertz CT molecular complexity index is 579. The molecule has 0 aliphatic carbocycles. The van der Waals surface area contributed by atoms with E-state index < -0.39 is 6.03 Å². The maximum absolute atomic E-state index is 11.7. The van der Waals surface area contributed by atoms with Gasteiger partial charge in [-0.05, 0) is 24.3 Å². The molecule has 0 fully saturated rings. The number of hydrogen-bond donors (Lipinski definition) is 4. The molecule has 0 unspecified atom stereocenters. The Kier molecular flexibility index (Phi) is 3.77. The fourth-order valence-corrected chi connectivity index (χ4v) is 1.62. The smallest absolute Gasteiger partial charge is 0.323 e. The van der Waals surface area contributed by atoms with E-state index >= 15 is 0 Å². The quantitative estimate of drug-likeness (QED) is 0.679. The molecule has 6 heteroatoms. The highest BCUT2D eigenvalue weighted by molar-refractivity contribution is 6.30. The van der Waals surface area contributed by atoms with Crippen molar-refractivity contribution >= 4 is 29.0 Å². The number of anilines is 2. The Hall–Kier alpha value is -2.40. The number of aromatic hydroxyl groups is 2. The number of halogens is 1. The maximum atomic E-state index is 11.7. The fraction of sp³-hybridized carbons (Fsp3) is 0. The lowest BCUT2D eigenvalue weighted by Crippen LogP contribution is -2.19. The van der Waals surface area contributed by atoms with Crippen LogP contribution >= 0.6 is 11.6 Å². The zero-order chi connectivity index (χ0) is 13.8. The van der Waals surface area contributed by atoms with Gasteiger partial charge in [0.2, 0.25) is 0 Å². The van der Waals surface area contributed by atoms with Crippen LogP contribution in [0.3, 0.4) is 0 Å². The van der Waals surface area contributed by atoms with E-state index in [9.17, 15) is 15.0 Å². The highest BCUT2D eigenvalue weighted by Crippen LogP contribution is 2.24. The topological polar surface area (TPSA) is 81.6 Å². The minimum atomic E-state index is -0.493. The number of phenols is 2. The van der Waals surface area contributed by atoms with Crippen molar-refractivity contribution in [2.75, 3.05) is 10.6 Å². The summed E-state index contributed by atoms with van der Waals surface area (Å²) in [4.78, 5) is 11.7. The third-order valence-corrected chi connectivity index (χ3v) is 2.51. The summed E-state index contributed by atoms with van der Waals surface area (Å²) < 4.78 is 0. The van der Waals surface area contributed by atoms with Gasteiger partial charge in [-0.1, -0.05) is 11.6 Å². The van der Waals surface area contributed by atoms with Crippen molar-refractivity contribution in [2.45, 2.75) is 0 Å². The minimum Gasteiger partial charge on any atom is -0.508 e. The van der Waals surface area contributed by atoms with Crippen molar-refractivity contribution in [1.82, 2.24) is 0 Å². The van der Waals surface area contributed by atoms with Gasteiger partial charge in [0.05, 0.1) is 0 Å². The van der Waals surface area contributed by atoms with Crippen LogP contribution in [-0.2, 0) is 0 Å². The lowest BCUT2D eigenvalue weighted by atomic mass is 10.3. The largest absolute Gasteiger partial charge is 0.508 e. The van der Waals surface area contributed by atoms with Crippen molar-refractivity contribution < 1.29 is 15.0 Å². The summed E-state index contributed by atoms with van der Waals surface area (Å²) in [5.41, 5.74) is 0.857. The van der Waals surface area contributed by atoms with Gasteiger partial charge in [0.25, 0.3) is 0 Å². The van der Waals surface area contributed by atoms with Crippen LogP contribution in [0, 0.1) is 0 Å². The number of benzene rings is 2. The van der Waals surface area contributed by atoms with Crippen LogP contribution in [0.2, 0.25) is 5.02 Å². The van der Waals surface area contributed by atoms with Crippen molar-refractivity contribution in [3.05, 3.63) is 47.5 Å². The first-order chi connectivity index (χ1) is 9.02. The van der Waals surface area contributed by atoms with Crippen molar-refractivity contribution in [1.29, 1.82) is 0 Å². The van der Waals surface area contributed by atoms with Crippen LogP contribution in [0.1, 0.15) is 0 Å². The fourth-order valence-electron chi connectivity index (χ4n) is 1.49. The molecule has 0 saturated carbocycles. The molecule has 19 heavy (non-hydrogen) atoms. The average Bonchev–Trinajstić information content (AvgIpc) is 2.30. The molecule has 4 N–H and O–H groups in total. The Morgan fingerprint density at radius 3 is 2.00 bits per heavy atom. The molecule has 2 amide bonds. The van der Waals surface area contributed by atoms with Crippen LogP contribution in [0.4, 0.5) is 16.2 Å². The SMILES string of the molecule is O=C(Nc1ccc(Cl)cc1)Nc1cc(O)cc(O)c1. The Morgan fingerprint density at radius 2 is 1.42 bits per heavy atom.